The van der Waals surface area contributed by atoms with Crippen LogP contribution in [-0.2, 0) is 23.2 Å². The molecule has 7 nitrogen and oxygen atoms in total. The quantitative estimate of drug-likeness (QED) is 0.628. The molecule has 1 aliphatic heterocycles. The van der Waals surface area contributed by atoms with Crippen molar-refractivity contribution >= 4 is 11.8 Å². The van der Waals surface area contributed by atoms with E-state index in [4.69, 9.17) is 0 Å². The van der Waals surface area contributed by atoms with Crippen molar-refractivity contribution in [1.29, 1.82) is 0 Å². The standard InChI is InChI=1S/C9H13N5O2/c1-6-9(16)14(8(15)3-10-6)5-7-4-13(2)12-11-7/h4,6,10H,3,5H2,1-2H3. The summed E-state index contributed by atoms with van der Waals surface area (Å²) in [6, 6.07) is -0.325. The molecule has 2 amide bonds. The van der Waals surface area contributed by atoms with E-state index in [1.54, 1.807) is 20.2 Å². The summed E-state index contributed by atoms with van der Waals surface area (Å²) < 4.78 is 1.54. The van der Waals surface area contributed by atoms with Gasteiger partial charge in [0.25, 0.3) is 0 Å². The summed E-state index contributed by atoms with van der Waals surface area (Å²) in [4.78, 5) is 24.5. The SMILES string of the molecule is CC1NCC(=O)N(Cc2cn(C)nn2)C1=O. The predicted octanol–water partition coefficient (Wildman–Crippen LogP) is -1.34. The van der Waals surface area contributed by atoms with Crippen LogP contribution >= 0.6 is 0 Å². The van der Waals surface area contributed by atoms with Crippen LogP contribution in [0.25, 0.3) is 0 Å². The Morgan fingerprint density at radius 2 is 2.31 bits per heavy atom. The molecule has 0 aromatic carbocycles. The van der Waals surface area contributed by atoms with Crippen molar-refractivity contribution in [3.8, 4) is 0 Å². The molecule has 16 heavy (non-hydrogen) atoms. The molecule has 1 aromatic rings. The molecule has 1 fully saturated rings. The zero-order valence-corrected chi connectivity index (χ0v) is 9.17. The van der Waals surface area contributed by atoms with Gasteiger partial charge in [-0.3, -0.25) is 24.5 Å². The van der Waals surface area contributed by atoms with Gasteiger partial charge < -0.3 is 0 Å². The van der Waals surface area contributed by atoms with Crippen molar-refractivity contribution < 1.29 is 9.59 Å². The van der Waals surface area contributed by atoms with Crippen molar-refractivity contribution in [2.75, 3.05) is 6.54 Å². The summed E-state index contributed by atoms with van der Waals surface area (Å²) in [5, 5.41) is 10.4. The summed E-state index contributed by atoms with van der Waals surface area (Å²) >= 11 is 0. The van der Waals surface area contributed by atoms with E-state index >= 15 is 0 Å². The highest BCUT2D eigenvalue weighted by atomic mass is 16.2. The van der Waals surface area contributed by atoms with Crippen LogP contribution in [0.5, 0.6) is 0 Å². The maximum atomic E-state index is 11.7. The molecule has 0 radical (unpaired) electrons. The summed E-state index contributed by atoms with van der Waals surface area (Å²) in [6.07, 6.45) is 1.69. The molecule has 1 aromatic heterocycles. The van der Waals surface area contributed by atoms with E-state index in [0.717, 1.165) is 0 Å². The Kier molecular flexibility index (Phi) is 2.69. The topological polar surface area (TPSA) is 80.1 Å². The van der Waals surface area contributed by atoms with Crippen LogP contribution < -0.4 is 5.32 Å². The Labute approximate surface area is 92.4 Å². The highest BCUT2D eigenvalue weighted by Gasteiger charge is 2.31. The van der Waals surface area contributed by atoms with Crippen LogP contribution in [0.3, 0.4) is 0 Å². The maximum Gasteiger partial charge on any atom is 0.246 e. The van der Waals surface area contributed by atoms with Gasteiger partial charge >= 0.3 is 0 Å². The second kappa shape index (κ2) is 4.01. The lowest BCUT2D eigenvalue weighted by molar-refractivity contribution is -0.149. The molecule has 7 heteroatoms. The van der Waals surface area contributed by atoms with E-state index in [0.29, 0.717) is 5.69 Å². The molecule has 1 atom stereocenters. The van der Waals surface area contributed by atoms with Gasteiger partial charge in [0.1, 0.15) is 5.69 Å². The molecule has 86 valence electrons. The monoisotopic (exact) mass is 223 g/mol. The van der Waals surface area contributed by atoms with Crippen LogP contribution in [0.4, 0.5) is 0 Å². The smallest absolute Gasteiger partial charge is 0.246 e. The average Bonchev–Trinajstić information content (AvgIpc) is 2.65. The van der Waals surface area contributed by atoms with Crippen LogP contribution in [0, 0.1) is 0 Å². The van der Waals surface area contributed by atoms with Gasteiger partial charge in [0.15, 0.2) is 0 Å². The van der Waals surface area contributed by atoms with Gasteiger partial charge in [-0.25, -0.2) is 0 Å². The largest absolute Gasteiger partial charge is 0.298 e. The van der Waals surface area contributed by atoms with Gasteiger partial charge in [-0.2, -0.15) is 0 Å². The van der Waals surface area contributed by atoms with Crippen LogP contribution in [-0.4, -0.2) is 44.3 Å². The van der Waals surface area contributed by atoms with Gasteiger partial charge in [-0.05, 0) is 6.92 Å². The number of nitrogens with one attached hydrogen (secondary N) is 1. The van der Waals surface area contributed by atoms with E-state index < -0.39 is 0 Å². The van der Waals surface area contributed by atoms with E-state index in [1.165, 1.54) is 9.58 Å². The van der Waals surface area contributed by atoms with Crippen LogP contribution in [0.2, 0.25) is 0 Å². The summed E-state index contributed by atoms with van der Waals surface area (Å²) in [5.41, 5.74) is 0.610. The van der Waals surface area contributed by atoms with Crippen LogP contribution in [0.15, 0.2) is 6.20 Å². The third kappa shape index (κ3) is 1.94. The number of aryl methyl sites for hydroxylation is 1. The molecule has 0 aliphatic carbocycles. The zero-order valence-electron chi connectivity index (χ0n) is 9.17. The minimum absolute atomic E-state index is 0.188. The van der Waals surface area contributed by atoms with Crippen molar-refractivity contribution in [3.63, 3.8) is 0 Å². The highest BCUT2D eigenvalue weighted by Crippen LogP contribution is 2.07. The Hall–Kier alpha value is -1.76. The fraction of sp³-hybridized carbons (Fsp3) is 0.556. The second-order valence-electron chi connectivity index (χ2n) is 3.80. The van der Waals surface area contributed by atoms with Gasteiger partial charge in [0, 0.05) is 13.2 Å². The molecule has 1 saturated heterocycles. The lowest BCUT2D eigenvalue weighted by atomic mass is 10.2. The molecule has 0 bridgehead atoms. The molecular formula is C9H13N5O2. The number of carbonyl (C=O) groups is 2. The first-order chi connectivity index (χ1) is 7.58. The van der Waals surface area contributed by atoms with Gasteiger partial charge in [0.05, 0.1) is 19.1 Å². The second-order valence-corrected chi connectivity index (χ2v) is 3.80. The normalized spacial score (nSPS) is 21.6. The Morgan fingerprint density at radius 3 is 2.94 bits per heavy atom. The van der Waals surface area contributed by atoms with E-state index in [2.05, 4.69) is 15.6 Å². The number of piperazine rings is 1. The predicted molar refractivity (Wildman–Crippen MR) is 54.0 cm³/mol. The van der Waals surface area contributed by atoms with Crippen LogP contribution in [0.1, 0.15) is 12.6 Å². The van der Waals surface area contributed by atoms with E-state index in [-0.39, 0.29) is 30.9 Å². The number of imide groups is 1. The number of amides is 2. The van der Waals surface area contributed by atoms with Crippen molar-refractivity contribution in [1.82, 2.24) is 25.2 Å². The van der Waals surface area contributed by atoms with E-state index in [9.17, 15) is 9.59 Å². The molecular weight excluding hydrogens is 210 g/mol. The van der Waals surface area contributed by atoms with Crippen molar-refractivity contribution in [3.05, 3.63) is 11.9 Å². The van der Waals surface area contributed by atoms with Gasteiger partial charge in [-0.15, -0.1) is 5.10 Å². The molecule has 0 spiro atoms. The van der Waals surface area contributed by atoms with Crippen molar-refractivity contribution in [2.45, 2.75) is 19.5 Å². The van der Waals surface area contributed by atoms with Gasteiger partial charge in [-0.1, -0.05) is 5.21 Å². The third-order valence-corrected chi connectivity index (χ3v) is 2.47. The first-order valence-corrected chi connectivity index (χ1v) is 5.00. The maximum absolute atomic E-state index is 11.7. The Bertz CT molecular complexity index is 427. The van der Waals surface area contributed by atoms with E-state index in [1.807, 2.05) is 0 Å². The first-order valence-electron chi connectivity index (χ1n) is 5.00. The summed E-state index contributed by atoms with van der Waals surface area (Å²) in [7, 11) is 1.74. The molecule has 2 heterocycles. The van der Waals surface area contributed by atoms with Gasteiger partial charge in [0.2, 0.25) is 11.8 Å². The lowest BCUT2D eigenvalue weighted by Crippen LogP contribution is -2.56. The Morgan fingerprint density at radius 1 is 1.56 bits per heavy atom. The first kappa shape index (κ1) is 10.7. The fourth-order valence-corrected chi connectivity index (χ4v) is 1.58. The number of hydrogen-bond acceptors (Lipinski definition) is 5. The molecule has 0 saturated carbocycles. The molecule has 1 N–H and O–H groups in total. The summed E-state index contributed by atoms with van der Waals surface area (Å²) in [5.74, 6) is -0.448. The van der Waals surface area contributed by atoms with Crippen molar-refractivity contribution in [2.24, 2.45) is 7.05 Å². The number of nitrogens with zero attached hydrogens (tertiary/aromatic N) is 4. The zero-order chi connectivity index (χ0) is 11.7. The number of aromatic nitrogens is 3. The summed E-state index contributed by atoms with van der Waals surface area (Å²) in [6.45, 7) is 2.11. The minimum Gasteiger partial charge on any atom is -0.298 e. The number of hydrogen-bond donors (Lipinski definition) is 1. The molecule has 1 aliphatic rings. The number of rotatable bonds is 2. The fourth-order valence-electron chi connectivity index (χ4n) is 1.58. The lowest BCUT2D eigenvalue weighted by Gasteiger charge is -2.28. The minimum atomic E-state index is -0.325. The third-order valence-electron chi connectivity index (χ3n) is 2.47. The number of carbonyl (C=O) groups excluding carboxylic acids is 2. The average molecular weight is 223 g/mol. The Balaban J connectivity index is 2.13. The molecule has 1 unspecified atom stereocenters. The molecule has 2 rings (SSSR count). The highest BCUT2D eigenvalue weighted by molar-refractivity contribution is 6.00.